The number of benzene rings is 1. The Morgan fingerprint density at radius 2 is 1.88 bits per heavy atom. The average Bonchev–Trinajstić information content (AvgIpc) is 2.63. The quantitative estimate of drug-likeness (QED) is 0.851. The highest BCUT2D eigenvalue weighted by atomic mass is 16.3. The van der Waals surface area contributed by atoms with Crippen molar-refractivity contribution in [3.05, 3.63) is 46.9 Å². The van der Waals surface area contributed by atoms with Gasteiger partial charge in [0.15, 0.2) is 0 Å². The largest absolute Gasteiger partial charge is 0.492 e. The van der Waals surface area contributed by atoms with Gasteiger partial charge < -0.3 is 10.1 Å². The third-order valence-corrected chi connectivity index (χ3v) is 2.83. The van der Waals surface area contributed by atoms with Gasteiger partial charge in [-0.05, 0) is 18.4 Å². The molecule has 1 aromatic heterocycles. The van der Waals surface area contributed by atoms with Crippen LogP contribution in [0, 0.1) is 6.92 Å². The van der Waals surface area contributed by atoms with E-state index >= 15 is 0 Å². The van der Waals surface area contributed by atoms with Gasteiger partial charge in [-0.15, -0.1) is 0 Å². The predicted octanol–water partition coefficient (Wildman–Crippen LogP) is 3.14. The Hall–Kier alpha value is -1.77. The molecular weight excluding hydrogens is 212 g/mol. The van der Waals surface area contributed by atoms with Crippen LogP contribution in [0.15, 0.2) is 24.3 Å². The van der Waals surface area contributed by atoms with Crippen molar-refractivity contribution in [2.24, 2.45) is 0 Å². The molecule has 0 saturated carbocycles. The molecule has 0 bridgehead atoms. The number of hydrogen-bond donors (Lipinski definition) is 2. The average molecular weight is 230 g/mol. The van der Waals surface area contributed by atoms with E-state index in [2.05, 4.69) is 41.2 Å². The molecule has 1 aromatic carbocycles. The highest BCUT2D eigenvalue weighted by Crippen LogP contribution is 2.23. The maximum absolute atomic E-state index is 9.68. The minimum Gasteiger partial charge on any atom is -0.492 e. The predicted molar refractivity (Wildman–Crippen MR) is 68.3 cm³/mol. The number of nitrogens with one attached hydrogen (secondary N) is 1. The fourth-order valence-corrected chi connectivity index (χ4v) is 1.81. The van der Waals surface area contributed by atoms with Crippen LogP contribution < -0.4 is 0 Å². The topological polar surface area (TPSA) is 48.9 Å². The maximum Gasteiger partial charge on any atom is 0.232 e. The summed E-state index contributed by atoms with van der Waals surface area (Å²) in [6.45, 7) is 6.13. The van der Waals surface area contributed by atoms with E-state index in [-0.39, 0.29) is 11.8 Å². The van der Waals surface area contributed by atoms with Gasteiger partial charge in [0.1, 0.15) is 5.82 Å². The molecule has 0 fully saturated rings. The number of aromatic nitrogens is 2. The highest BCUT2D eigenvalue weighted by Gasteiger charge is 2.12. The number of H-pyrrole nitrogens is 1. The van der Waals surface area contributed by atoms with Gasteiger partial charge in [0.2, 0.25) is 5.88 Å². The van der Waals surface area contributed by atoms with Crippen LogP contribution in [-0.2, 0) is 6.42 Å². The number of aryl methyl sites for hydroxylation is 1. The summed E-state index contributed by atoms with van der Waals surface area (Å²) >= 11 is 0. The number of aromatic amines is 1. The molecule has 2 rings (SSSR count). The van der Waals surface area contributed by atoms with E-state index in [0.717, 1.165) is 17.9 Å². The lowest BCUT2D eigenvalue weighted by molar-refractivity contribution is 0.445. The van der Waals surface area contributed by atoms with E-state index in [9.17, 15) is 5.11 Å². The first-order valence-electron chi connectivity index (χ1n) is 5.89. The molecule has 0 radical (unpaired) electrons. The molecule has 0 atom stereocenters. The fourth-order valence-electron chi connectivity index (χ4n) is 1.81. The Labute approximate surface area is 102 Å². The van der Waals surface area contributed by atoms with E-state index < -0.39 is 0 Å². The second-order valence-electron chi connectivity index (χ2n) is 4.74. The first-order valence-corrected chi connectivity index (χ1v) is 5.89. The first kappa shape index (κ1) is 11.7. The Morgan fingerprint density at radius 1 is 1.24 bits per heavy atom. The van der Waals surface area contributed by atoms with E-state index in [1.807, 2.05) is 13.8 Å². The molecule has 0 aliphatic carbocycles. The van der Waals surface area contributed by atoms with Gasteiger partial charge in [-0.1, -0.05) is 43.7 Å². The molecule has 0 saturated heterocycles. The molecule has 17 heavy (non-hydrogen) atoms. The van der Waals surface area contributed by atoms with Crippen molar-refractivity contribution in [3.63, 3.8) is 0 Å². The lowest BCUT2D eigenvalue weighted by Gasteiger charge is -2.00. The smallest absolute Gasteiger partial charge is 0.232 e. The molecule has 2 N–H and O–H groups in total. The van der Waals surface area contributed by atoms with Gasteiger partial charge in [-0.25, -0.2) is 0 Å². The van der Waals surface area contributed by atoms with Gasteiger partial charge in [0, 0.05) is 6.42 Å². The Morgan fingerprint density at radius 3 is 2.41 bits per heavy atom. The normalized spacial score (nSPS) is 11.1. The summed E-state index contributed by atoms with van der Waals surface area (Å²) in [4.78, 5) is 7.33. The Kier molecular flexibility index (Phi) is 3.18. The lowest BCUT2D eigenvalue weighted by atomic mass is 10.1. The zero-order valence-corrected chi connectivity index (χ0v) is 10.5. The molecule has 1 heterocycles. The standard InChI is InChI=1S/C14H18N2O/c1-9(2)13-14(17)16-12(15-13)8-11-6-4-10(3)5-7-11/h4-7,9,17H,8H2,1-3H3,(H,15,16). The monoisotopic (exact) mass is 230 g/mol. The van der Waals surface area contributed by atoms with Crippen LogP contribution in [-0.4, -0.2) is 15.1 Å². The molecule has 3 heteroatoms. The second kappa shape index (κ2) is 4.62. The summed E-state index contributed by atoms with van der Waals surface area (Å²) in [5.74, 6) is 1.20. The first-order chi connectivity index (χ1) is 8.06. The highest BCUT2D eigenvalue weighted by molar-refractivity contribution is 5.27. The zero-order chi connectivity index (χ0) is 12.4. The van der Waals surface area contributed by atoms with Gasteiger partial charge in [0.25, 0.3) is 0 Å². The third kappa shape index (κ3) is 2.67. The number of imidazole rings is 1. The van der Waals surface area contributed by atoms with Crippen LogP contribution in [0.5, 0.6) is 5.88 Å². The second-order valence-corrected chi connectivity index (χ2v) is 4.74. The van der Waals surface area contributed by atoms with Crippen LogP contribution in [0.25, 0.3) is 0 Å². The Bertz CT molecular complexity index is 497. The summed E-state index contributed by atoms with van der Waals surface area (Å²) in [5.41, 5.74) is 3.26. The van der Waals surface area contributed by atoms with E-state index in [0.29, 0.717) is 0 Å². The van der Waals surface area contributed by atoms with Crippen LogP contribution in [0.2, 0.25) is 0 Å². The molecule has 0 aliphatic heterocycles. The van der Waals surface area contributed by atoms with Crippen LogP contribution in [0.4, 0.5) is 0 Å². The van der Waals surface area contributed by atoms with Crippen molar-refractivity contribution in [3.8, 4) is 5.88 Å². The van der Waals surface area contributed by atoms with Crippen molar-refractivity contribution in [2.45, 2.75) is 33.1 Å². The van der Waals surface area contributed by atoms with Crippen molar-refractivity contribution in [1.82, 2.24) is 9.97 Å². The van der Waals surface area contributed by atoms with Gasteiger partial charge in [-0.2, -0.15) is 4.98 Å². The summed E-state index contributed by atoms with van der Waals surface area (Å²) in [6, 6.07) is 8.34. The van der Waals surface area contributed by atoms with Crippen molar-refractivity contribution in [2.75, 3.05) is 0 Å². The van der Waals surface area contributed by atoms with Crippen LogP contribution >= 0.6 is 0 Å². The lowest BCUT2D eigenvalue weighted by Crippen LogP contribution is -1.92. The summed E-state index contributed by atoms with van der Waals surface area (Å²) in [5, 5.41) is 9.68. The van der Waals surface area contributed by atoms with Crippen LogP contribution in [0.1, 0.15) is 42.4 Å². The molecule has 0 aliphatic rings. The van der Waals surface area contributed by atoms with Crippen LogP contribution in [0.3, 0.4) is 0 Å². The van der Waals surface area contributed by atoms with Crippen molar-refractivity contribution >= 4 is 0 Å². The maximum atomic E-state index is 9.68. The summed E-state index contributed by atoms with van der Waals surface area (Å²) in [7, 11) is 0. The summed E-state index contributed by atoms with van der Waals surface area (Å²) in [6.07, 6.45) is 0.723. The van der Waals surface area contributed by atoms with E-state index in [4.69, 9.17) is 0 Å². The zero-order valence-electron chi connectivity index (χ0n) is 10.5. The molecule has 3 nitrogen and oxygen atoms in total. The molecule has 2 aromatic rings. The minimum atomic E-state index is 0.127. The van der Waals surface area contributed by atoms with Gasteiger partial charge in [0.05, 0.1) is 5.69 Å². The number of hydrogen-bond acceptors (Lipinski definition) is 2. The molecule has 0 unspecified atom stereocenters. The number of aromatic hydroxyl groups is 1. The van der Waals surface area contributed by atoms with Gasteiger partial charge in [-0.3, -0.25) is 0 Å². The molecule has 0 spiro atoms. The van der Waals surface area contributed by atoms with E-state index in [1.54, 1.807) is 0 Å². The van der Waals surface area contributed by atoms with E-state index in [1.165, 1.54) is 11.1 Å². The Balaban J connectivity index is 2.19. The molecule has 90 valence electrons. The van der Waals surface area contributed by atoms with Crippen molar-refractivity contribution in [1.29, 1.82) is 0 Å². The fraction of sp³-hybridized carbons (Fsp3) is 0.357. The third-order valence-electron chi connectivity index (χ3n) is 2.83. The van der Waals surface area contributed by atoms with Crippen molar-refractivity contribution < 1.29 is 5.11 Å². The number of rotatable bonds is 3. The SMILES string of the molecule is Cc1ccc(Cc2nc(O)c(C(C)C)[nH]2)cc1. The minimum absolute atomic E-state index is 0.127. The van der Waals surface area contributed by atoms with Gasteiger partial charge >= 0.3 is 0 Å². The summed E-state index contributed by atoms with van der Waals surface area (Å²) < 4.78 is 0. The molecular formula is C14H18N2O. The number of nitrogens with zero attached hydrogens (tertiary/aromatic N) is 1. The molecule has 0 amide bonds.